The van der Waals surface area contributed by atoms with E-state index in [1.165, 1.54) is 31.5 Å². The van der Waals surface area contributed by atoms with E-state index in [0.29, 0.717) is 23.5 Å². The number of aromatic amines is 1. The number of ether oxygens (including phenoxy) is 1. The Morgan fingerprint density at radius 3 is 2.83 bits per heavy atom. The van der Waals surface area contributed by atoms with Crippen molar-refractivity contribution >= 4 is 42.8 Å². The summed E-state index contributed by atoms with van der Waals surface area (Å²) in [4.78, 5) is 16.2. The zero-order chi connectivity index (χ0) is 20.8. The molecular formula is C18H18FN3O5S2. The predicted octanol–water partition coefficient (Wildman–Crippen LogP) is 1.73. The minimum Gasteiger partial charge on any atom is -0.388 e. The molecule has 3 aromatic rings. The molecule has 0 aliphatic carbocycles. The van der Waals surface area contributed by atoms with Crippen molar-refractivity contribution in [1.29, 1.82) is 0 Å². The summed E-state index contributed by atoms with van der Waals surface area (Å²) in [6.45, 7) is 0.765. The highest BCUT2D eigenvalue weighted by Gasteiger charge is 2.32. The molecule has 4 rings (SSSR count). The fourth-order valence-electron chi connectivity index (χ4n) is 3.27. The van der Waals surface area contributed by atoms with E-state index in [1.54, 1.807) is 6.07 Å². The van der Waals surface area contributed by atoms with Gasteiger partial charge in [-0.25, -0.2) is 12.8 Å². The number of fused-ring (bicyclic) bond motifs is 1. The second kappa shape index (κ2) is 7.41. The van der Waals surface area contributed by atoms with Gasteiger partial charge in [-0.3, -0.25) is 9.52 Å². The first-order chi connectivity index (χ1) is 13.8. The van der Waals surface area contributed by atoms with Gasteiger partial charge in [0.15, 0.2) is 0 Å². The zero-order valence-electron chi connectivity index (χ0n) is 15.3. The number of thiophene rings is 1. The first-order valence-electron chi connectivity index (χ1n) is 8.68. The van der Waals surface area contributed by atoms with Crippen LogP contribution in [0.2, 0.25) is 0 Å². The number of anilines is 2. The van der Waals surface area contributed by atoms with Crippen LogP contribution in [0.4, 0.5) is 15.1 Å². The molecule has 0 bridgehead atoms. The molecular weight excluding hydrogens is 421 g/mol. The van der Waals surface area contributed by atoms with E-state index in [1.807, 2.05) is 4.90 Å². The number of benzene rings is 1. The molecule has 1 fully saturated rings. The molecule has 0 spiro atoms. The molecule has 0 amide bonds. The number of hydrogen-bond acceptors (Lipinski definition) is 7. The molecule has 2 aromatic heterocycles. The lowest BCUT2D eigenvalue weighted by Gasteiger charge is -2.15. The molecule has 3 N–H and O–H groups in total. The SMILES string of the molecule is CO[C@H]1CN(c2ccc(S(=O)(=O)Nc3cc4c(=O)[nH]ccc4cc3F)s2)C[C@H]1O. The van der Waals surface area contributed by atoms with E-state index >= 15 is 0 Å². The van der Waals surface area contributed by atoms with E-state index < -0.39 is 27.5 Å². The first kappa shape index (κ1) is 19.8. The Kier molecular flexibility index (Phi) is 5.07. The fraction of sp³-hybridized carbons (Fsp3) is 0.278. The van der Waals surface area contributed by atoms with Crippen molar-refractivity contribution in [2.24, 2.45) is 0 Å². The second-order valence-electron chi connectivity index (χ2n) is 6.67. The van der Waals surface area contributed by atoms with Gasteiger partial charge in [-0.15, -0.1) is 11.3 Å². The Hall–Kier alpha value is -2.47. The molecule has 2 atom stereocenters. The Labute approximate surface area is 169 Å². The maximum atomic E-state index is 14.4. The van der Waals surface area contributed by atoms with Gasteiger partial charge < -0.3 is 19.7 Å². The smallest absolute Gasteiger partial charge is 0.271 e. The number of rotatable bonds is 5. The van der Waals surface area contributed by atoms with Crippen LogP contribution < -0.4 is 15.2 Å². The van der Waals surface area contributed by atoms with Gasteiger partial charge in [0.2, 0.25) is 0 Å². The Morgan fingerprint density at radius 2 is 2.10 bits per heavy atom. The molecule has 1 aliphatic heterocycles. The number of sulfonamides is 1. The summed E-state index contributed by atoms with van der Waals surface area (Å²) in [7, 11) is -2.55. The zero-order valence-corrected chi connectivity index (χ0v) is 16.9. The Balaban J connectivity index is 1.61. The van der Waals surface area contributed by atoms with Gasteiger partial charge in [0.25, 0.3) is 15.6 Å². The number of hydrogen-bond donors (Lipinski definition) is 3. The van der Waals surface area contributed by atoms with Crippen LogP contribution >= 0.6 is 11.3 Å². The second-order valence-corrected chi connectivity index (χ2v) is 9.64. The van der Waals surface area contributed by atoms with Crippen molar-refractivity contribution in [3.8, 4) is 0 Å². The molecule has 1 saturated heterocycles. The quantitative estimate of drug-likeness (QED) is 0.558. The maximum Gasteiger partial charge on any atom is 0.271 e. The molecule has 1 aromatic carbocycles. The molecule has 3 heterocycles. The summed E-state index contributed by atoms with van der Waals surface area (Å²) in [5, 5.41) is 11.2. The molecule has 0 unspecified atom stereocenters. The van der Waals surface area contributed by atoms with Gasteiger partial charge in [-0.2, -0.15) is 0 Å². The third kappa shape index (κ3) is 3.73. The van der Waals surface area contributed by atoms with Gasteiger partial charge in [-0.1, -0.05) is 0 Å². The minimum atomic E-state index is -4.06. The molecule has 0 saturated carbocycles. The fourth-order valence-corrected chi connectivity index (χ4v) is 5.64. The van der Waals surface area contributed by atoms with Crippen molar-refractivity contribution in [3.63, 3.8) is 0 Å². The number of nitrogens with zero attached hydrogens (tertiary/aromatic N) is 1. The largest absolute Gasteiger partial charge is 0.388 e. The van der Waals surface area contributed by atoms with Gasteiger partial charge >= 0.3 is 0 Å². The van der Waals surface area contributed by atoms with Gasteiger partial charge in [-0.05, 0) is 35.7 Å². The van der Waals surface area contributed by atoms with Crippen LogP contribution in [-0.2, 0) is 14.8 Å². The summed E-state index contributed by atoms with van der Waals surface area (Å²) in [6.07, 6.45) is 0.384. The van der Waals surface area contributed by atoms with Crippen LogP contribution in [0.1, 0.15) is 0 Å². The Morgan fingerprint density at radius 1 is 1.31 bits per heavy atom. The van der Waals surface area contributed by atoms with Crippen molar-refractivity contribution in [2.45, 2.75) is 16.4 Å². The van der Waals surface area contributed by atoms with Crippen molar-refractivity contribution < 1.29 is 22.7 Å². The standard InChI is InChI=1S/C18H18FN3O5S2/c1-27-15-9-22(8-14(15)23)16-2-3-17(28-16)29(25,26)21-13-7-11-10(6-12(13)19)4-5-20-18(11)24/h2-7,14-15,21,23H,8-9H2,1H3,(H,20,24)/t14-,15+/m1/s1. The number of aliphatic hydroxyl groups excluding tert-OH is 1. The summed E-state index contributed by atoms with van der Waals surface area (Å²) in [5.74, 6) is -0.783. The van der Waals surface area contributed by atoms with Crippen LogP contribution in [0.25, 0.3) is 10.8 Å². The number of aromatic nitrogens is 1. The predicted molar refractivity (Wildman–Crippen MR) is 109 cm³/mol. The topological polar surface area (TPSA) is 112 Å². The number of nitrogens with one attached hydrogen (secondary N) is 2. The number of β-amino-alcohol motifs (C(OH)–C–C–N with tert-alkyl or cyclic N) is 1. The number of pyridine rings is 1. The molecule has 154 valence electrons. The highest BCUT2D eigenvalue weighted by Crippen LogP contribution is 2.33. The monoisotopic (exact) mass is 439 g/mol. The van der Waals surface area contributed by atoms with E-state index in [0.717, 1.165) is 17.4 Å². The van der Waals surface area contributed by atoms with Gasteiger partial charge in [0.05, 0.1) is 16.8 Å². The average Bonchev–Trinajstić information content (AvgIpc) is 3.30. The van der Waals surface area contributed by atoms with Crippen LogP contribution in [0.3, 0.4) is 0 Å². The van der Waals surface area contributed by atoms with Crippen molar-refractivity contribution in [2.75, 3.05) is 29.8 Å². The molecule has 11 heteroatoms. The lowest BCUT2D eigenvalue weighted by atomic mass is 10.1. The number of H-pyrrole nitrogens is 1. The molecule has 0 radical (unpaired) electrons. The first-order valence-corrected chi connectivity index (χ1v) is 11.0. The number of aliphatic hydroxyl groups is 1. The van der Waals surface area contributed by atoms with E-state index in [4.69, 9.17) is 4.74 Å². The summed E-state index contributed by atoms with van der Waals surface area (Å²) in [5.41, 5.74) is -0.748. The van der Waals surface area contributed by atoms with Crippen LogP contribution in [-0.4, -0.2) is 50.9 Å². The third-order valence-corrected chi connectivity index (χ3v) is 7.79. The minimum absolute atomic E-state index is 0.00988. The molecule has 1 aliphatic rings. The summed E-state index contributed by atoms with van der Waals surface area (Å²) >= 11 is 1.00. The van der Waals surface area contributed by atoms with E-state index in [9.17, 15) is 22.7 Å². The molecule has 8 nitrogen and oxygen atoms in total. The third-order valence-electron chi connectivity index (χ3n) is 4.79. The summed E-state index contributed by atoms with van der Waals surface area (Å²) in [6, 6.07) is 6.86. The van der Waals surface area contributed by atoms with Crippen molar-refractivity contribution in [3.05, 3.63) is 52.7 Å². The van der Waals surface area contributed by atoms with E-state index in [-0.39, 0.29) is 21.4 Å². The Bertz CT molecular complexity index is 1220. The lowest BCUT2D eigenvalue weighted by molar-refractivity contribution is 0.0217. The number of halogens is 1. The highest BCUT2D eigenvalue weighted by atomic mass is 32.2. The van der Waals surface area contributed by atoms with Crippen molar-refractivity contribution in [1.82, 2.24) is 4.98 Å². The average molecular weight is 439 g/mol. The highest BCUT2D eigenvalue weighted by molar-refractivity contribution is 7.94. The van der Waals surface area contributed by atoms with Gasteiger partial charge in [0.1, 0.15) is 16.1 Å². The molecule has 29 heavy (non-hydrogen) atoms. The maximum absolute atomic E-state index is 14.4. The van der Waals surface area contributed by atoms with Crippen LogP contribution in [0.15, 0.2) is 45.5 Å². The lowest BCUT2D eigenvalue weighted by Crippen LogP contribution is -2.25. The van der Waals surface area contributed by atoms with Crippen LogP contribution in [0.5, 0.6) is 0 Å². The van der Waals surface area contributed by atoms with E-state index in [2.05, 4.69) is 9.71 Å². The normalized spacial score (nSPS) is 19.8. The van der Waals surface area contributed by atoms with Gasteiger partial charge in [0, 0.05) is 31.8 Å². The number of methoxy groups -OCH3 is 1. The summed E-state index contributed by atoms with van der Waals surface area (Å²) < 4.78 is 47.3. The van der Waals surface area contributed by atoms with Crippen LogP contribution in [0, 0.1) is 5.82 Å².